The van der Waals surface area contributed by atoms with Crippen LogP contribution in [-0.2, 0) is 19.0 Å². The highest BCUT2D eigenvalue weighted by atomic mass is 16.7. The molecule has 8 nitrogen and oxygen atoms in total. The van der Waals surface area contributed by atoms with E-state index in [0.29, 0.717) is 6.42 Å². The lowest BCUT2D eigenvalue weighted by Gasteiger charge is -2.31. The molecule has 0 aromatic carbocycles. The van der Waals surface area contributed by atoms with Crippen molar-refractivity contribution in [2.45, 2.75) is 89.0 Å². The van der Waals surface area contributed by atoms with Gasteiger partial charge in [-0.2, -0.15) is 0 Å². The average Bonchev–Trinajstić information content (AvgIpc) is 3.18. The molecule has 1 saturated heterocycles. The second kappa shape index (κ2) is 13.4. The van der Waals surface area contributed by atoms with Crippen LogP contribution in [0.1, 0.15) is 58.3 Å². The quantitative estimate of drug-likeness (QED) is 0.254. The molecular weight excluding hydrogens is 344 g/mol. The Morgan fingerprint density at radius 3 is 2.15 bits per heavy atom. The minimum Gasteiger partial charge on any atom is -0.454 e. The lowest BCUT2D eigenvalue weighted by molar-refractivity contribution is -0.210. The number of esters is 1. The molecule has 0 spiro atoms. The van der Waals surface area contributed by atoms with Crippen LogP contribution >= 0.6 is 0 Å². The Hall–Kier alpha value is -0.770. The second-order valence-electron chi connectivity index (χ2n) is 6.67. The lowest BCUT2D eigenvalue weighted by atomic mass is 10.0. The van der Waals surface area contributed by atoms with Gasteiger partial charge in [0.1, 0.15) is 18.3 Å². The minimum absolute atomic E-state index is 0.197. The van der Waals surface area contributed by atoms with E-state index in [1.54, 1.807) is 0 Å². The summed E-state index contributed by atoms with van der Waals surface area (Å²) in [5.74, 6) is -0.521. The summed E-state index contributed by atoms with van der Waals surface area (Å²) in [6, 6.07) is 0. The molecule has 0 saturated carbocycles. The van der Waals surface area contributed by atoms with Crippen LogP contribution in [0.3, 0.4) is 0 Å². The first-order valence-corrected chi connectivity index (χ1v) is 9.59. The topological polar surface area (TPSA) is 126 Å². The van der Waals surface area contributed by atoms with Gasteiger partial charge in [0.15, 0.2) is 12.4 Å². The summed E-state index contributed by atoms with van der Waals surface area (Å²) >= 11 is 0. The zero-order chi connectivity index (χ0) is 19.4. The van der Waals surface area contributed by atoms with Gasteiger partial charge in [-0.05, 0) is 6.42 Å². The Balaban J connectivity index is 2.43. The van der Waals surface area contributed by atoms with Crippen LogP contribution in [0.5, 0.6) is 0 Å². The van der Waals surface area contributed by atoms with Crippen molar-refractivity contribution in [3.05, 3.63) is 0 Å². The van der Waals surface area contributed by atoms with Crippen LogP contribution in [0.15, 0.2) is 0 Å². The molecule has 0 aliphatic carbocycles. The van der Waals surface area contributed by atoms with Gasteiger partial charge in [-0.15, -0.1) is 0 Å². The van der Waals surface area contributed by atoms with E-state index < -0.39 is 43.3 Å². The minimum atomic E-state index is -1.69. The Bertz CT molecular complexity index is 372. The van der Waals surface area contributed by atoms with Gasteiger partial charge in [0.2, 0.25) is 0 Å². The summed E-state index contributed by atoms with van der Waals surface area (Å²) in [6.45, 7) is 1.99. The molecule has 1 rings (SSSR count). The van der Waals surface area contributed by atoms with E-state index in [9.17, 15) is 20.1 Å². The first kappa shape index (κ1) is 23.3. The number of hydrogen-bond acceptors (Lipinski definition) is 8. The van der Waals surface area contributed by atoms with Gasteiger partial charge in [-0.3, -0.25) is 4.79 Å². The van der Waals surface area contributed by atoms with E-state index in [-0.39, 0.29) is 19.6 Å². The van der Waals surface area contributed by atoms with Crippen LogP contribution in [-0.4, -0.2) is 76.9 Å². The highest BCUT2D eigenvalue weighted by Gasteiger charge is 2.41. The van der Waals surface area contributed by atoms with Gasteiger partial charge in [-0.1, -0.05) is 45.4 Å². The Labute approximate surface area is 155 Å². The molecule has 0 bridgehead atoms. The number of aliphatic hydroxyl groups is 4. The monoisotopic (exact) mass is 378 g/mol. The molecule has 0 unspecified atom stereocenters. The Kier molecular flexibility index (Phi) is 12.0. The van der Waals surface area contributed by atoms with Gasteiger partial charge in [-0.25, -0.2) is 0 Å². The van der Waals surface area contributed by atoms with Crippen LogP contribution in [0.4, 0.5) is 0 Å². The zero-order valence-corrected chi connectivity index (χ0v) is 15.6. The summed E-state index contributed by atoms with van der Waals surface area (Å²) in [7, 11) is 0. The highest BCUT2D eigenvalue weighted by molar-refractivity contribution is 5.69. The first-order valence-electron chi connectivity index (χ1n) is 9.59. The molecule has 0 radical (unpaired) electrons. The summed E-state index contributed by atoms with van der Waals surface area (Å²) in [5.41, 5.74) is 0. The van der Waals surface area contributed by atoms with Crippen LogP contribution in [0.2, 0.25) is 0 Å². The zero-order valence-electron chi connectivity index (χ0n) is 15.6. The fraction of sp³-hybridized carbons (Fsp3) is 0.944. The number of aliphatic hydroxyl groups excluding tert-OH is 4. The van der Waals surface area contributed by atoms with E-state index in [0.717, 1.165) is 19.3 Å². The number of hydrogen-bond donors (Lipinski definition) is 4. The molecule has 26 heavy (non-hydrogen) atoms. The maximum Gasteiger partial charge on any atom is 0.306 e. The molecule has 4 atom stereocenters. The second-order valence-corrected chi connectivity index (χ2v) is 6.67. The van der Waals surface area contributed by atoms with Gasteiger partial charge >= 0.3 is 5.97 Å². The van der Waals surface area contributed by atoms with Crippen molar-refractivity contribution in [2.75, 3.05) is 19.8 Å². The predicted octanol–water partition coefficient (Wildman–Crippen LogP) is 0.487. The van der Waals surface area contributed by atoms with E-state index >= 15 is 0 Å². The Morgan fingerprint density at radius 1 is 1.00 bits per heavy atom. The van der Waals surface area contributed by atoms with E-state index in [2.05, 4.69) is 6.92 Å². The molecule has 8 heteroatoms. The molecule has 0 aromatic heterocycles. The van der Waals surface area contributed by atoms with Gasteiger partial charge in [0.25, 0.3) is 0 Å². The summed E-state index contributed by atoms with van der Waals surface area (Å²) in [5, 5.41) is 38.5. The normalized spacial score (nSPS) is 19.9. The summed E-state index contributed by atoms with van der Waals surface area (Å²) in [6.07, 6.45) is 0.472. The van der Waals surface area contributed by atoms with Crippen molar-refractivity contribution in [3.8, 4) is 0 Å². The van der Waals surface area contributed by atoms with Crippen LogP contribution < -0.4 is 0 Å². The Morgan fingerprint density at radius 2 is 1.58 bits per heavy atom. The molecule has 154 valence electrons. The van der Waals surface area contributed by atoms with Gasteiger partial charge < -0.3 is 34.6 Å². The smallest absolute Gasteiger partial charge is 0.306 e. The largest absolute Gasteiger partial charge is 0.454 e. The predicted molar refractivity (Wildman–Crippen MR) is 93.3 cm³/mol. The van der Waals surface area contributed by atoms with Crippen molar-refractivity contribution >= 4 is 5.97 Å². The third-order valence-electron chi connectivity index (χ3n) is 4.44. The fourth-order valence-electron chi connectivity index (χ4n) is 2.82. The van der Waals surface area contributed by atoms with Gasteiger partial charge in [0, 0.05) is 6.42 Å². The summed E-state index contributed by atoms with van der Waals surface area (Å²) < 4.78 is 15.8. The number of carbonyl (C=O) groups excluding carboxylic acids is 1. The number of unbranched alkanes of at least 4 members (excludes halogenated alkanes) is 6. The molecule has 4 N–H and O–H groups in total. The SMILES string of the molecule is CCCCCCCCCC(=O)O[C@H](C1OCCO1)[C@@H](O)[C@H](O)[C@H](O)CO. The molecular formula is C18H34O8. The van der Waals surface area contributed by atoms with E-state index in [4.69, 9.17) is 19.3 Å². The molecule has 1 aliphatic heterocycles. The fourth-order valence-corrected chi connectivity index (χ4v) is 2.82. The molecule has 1 fully saturated rings. The molecule has 1 aliphatic rings. The van der Waals surface area contributed by atoms with Crippen molar-refractivity contribution in [1.29, 1.82) is 0 Å². The maximum absolute atomic E-state index is 12.1. The third kappa shape index (κ3) is 8.28. The van der Waals surface area contributed by atoms with Crippen molar-refractivity contribution in [1.82, 2.24) is 0 Å². The van der Waals surface area contributed by atoms with Gasteiger partial charge in [0.05, 0.1) is 19.8 Å². The molecule has 1 heterocycles. The third-order valence-corrected chi connectivity index (χ3v) is 4.44. The average molecular weight is 378 g/mol. The number of carbonyl (C=O) groups is 1. The number of ether oxygens (including phenoxy) is 3. The van der Waals surface area contributed by atoms with Crippen molar-refractivity contribution < 1.29 is 39.4 Å². The first-order chi connectivity index (χ1) is 12.5. The van der Waals surface area contributed by atoms with Crippen molar-refractivity contribution in [2.24, 2.45) is 0 Å². The highest BCUT2D eigenvalue weighted by Crippen LogP contribution is 2.20. The maximum atomic E-state index is 12.1. The molecule has 0 amide bonds. The summed E-state index contributed by atoms with van der Waals surface area (Å²) in [4.78, 5) is 12.1. The van der Waals surface area contributed by atoms with Crippen LogP contribution in [0, 0.1) is 0 Å². The van der Waals surface area contributed by atoms with Crippen LogP contribution in [0.25, 0.3) is 0 Å². The van der Waals surface area contributed by atoms with Crippen molar-refractivity contribution in [3.63, 3.8) is 0 Å². The lowest BCUT2D eigenvalue weighted by Crippen LogP contribution is -2.52. The number of rotatable bonds is 14. The molecule has 0 aromatic rings. The van der Waals surface area contributed by atoms with E-state index in [1.165, 1.54) is 19.3 Å². The van der Waals surface area contributed by atoms with E-state index in [1.807, 2.05) is 0 Å². The standard InChI is InChI=1S/C18H34O8/c1-2-3-4-5-6-7-8-9-14(21)26-17(18-24-10-11-25-18)16(23)15(22)13(20)12-19/h13,15-20,22-23H,2-12H2,1H3/t13-,15-,16+,17+/m1/s1.